The topological polar surface area (TPSA) is 66.5 Å². The van der Waals surface area contributed by atoms with Crippen LogP contribution >= 0.6 is 0 Å². The molecule has 3 rings (SSSR count). The molecule has 0 unspecified atom stereocenters. The number of amides is 1. The fraction of sp³-hybridized carbons (Fsp3) is 0.350. The van der Waals surface area contributed by atoms with Crippen molar-refractivity contribution in [2.24, 2.45) is 0 Å². The van der Waals surface area contributed by atoms with Gasteiger partial charge in [0.15, 0.2) is 11.6 Å². The van der Waals surface area contributed by atoms with Crippen molar-refractivity contribution in [3.8, 4) is 0 Å². The van der Waals surface area contributed by atoms with Gasteiger partial charge in [-0.2, -0.15) is 0 Å². The van der Waals surface area contributed by atoms with Gasteiger partial charge in [-0.05, 0) is 55.0 Å². The Hall–Kier alpha value is -2.48. The van der Waals surface area contributed by atoms with Crippen LogP contribution in [-0.2, 0) is 27.7 Å². The summed E-state index contributed by atoms with van der Waals surface area (Å²) in [5, 5.41) is 2.77. The van der Waals surface area contributed by atoms with E-state index in [1.807, 2.05) is 13.0 Å². The van der Waals surface area contributed by atoms with Gasteiger partial charge >= 0.3 is 0 Å². The number of nitrogens with one attached hydrogen (secondary N) is 1. The van der Waals surface area contributed by atoms with E-state index in [-0.39, 0.29) is 11.7 Å². The molecular formula is C20H22F2N2O3S. The predicted molar refractivity (Wildman–Crippen MR) is 104 cm³/mol. The molecule has 8 heteroatoms. The predicted octanol–water partition coefficient (Wildman–Crippen LogP) is 3.10. The summed E-state index contributed by atoms with van der Waals surface area (Å²) < 4.78 is 51.6. The Bertz CT molecular complexity index is 1010. The second-order valence-corrected chi connectivity index (χ2v) is 8.95. The van der Waals surface area contributed by atoms with Crippen LogP contribution < -0.4 is 9.62 Å². The van der Waals surface area contributed by atoms with Crippen molar-refractivity contribution in [3.63, 3.8) is 0 Å². The van der Waals surface area contributed by atoms with Crippen molar-refractivity contribution in [1.29, 1.82) is 0 Å². The average molecular weight is 408 g/mol. The third-order valence-corrected chi connectivity index (χ3v) is 6.02. The minimum Gasteiger partial charge on any atom is -0.348 e. The third kappa shape index (κ3) is 4.49. The lowest BCUT2D eigenvalue weighted by Gasteiger charge is -2.23. The van der Waals surface area contributed by atoms with E-state index in [1.165, 1.54) is 11.1 Å². The fourth-order valence-electron chi connectivity index (χ4n) is 3.40. The summed E-state index contributed by atoms with van der Waals surface area (Å²) in [5.74, 6) is -2.81. The van der Waals surface area contributed by atoms with Gasteiger partial charge in [-0.25, -0.2) is 17.2 Å². The van der Waals surface area contributed by atoms with Crippen molar-refractivity contribution in [2.45, 2.75) is 32.2 Å². The number of nitrogens with zero attached hydrogens (tertiary/aromatic N) is 1. The van der Waals surface area contributed by atoms with Gasteiger partial charge in [0.1, 0.15) is 6.54 Å². The van der Waals surface area contributed by atoms with Gasteiger partial charge in [-0.15, -0.1) is 0 Å². The lowest BCUT2D eigenvalue weighted by molar-refractivity contribution is -0.120. The normalized spacial score (nSPS) is 14.4. The zero-order chi connectivity index (χ0) is 20.5. The highest BCUT2D eigenvalue weighted by Gasteiger charge is 2.23. The molecule has 0 aliphatic heterocycles. The number of fused-ring (bicyclic) bond motifs is 1. The van der Waals surface area contributed by atoms with Crippen molar-refractivity contribution in [3.05, 3.63) is 64.7 Å². The number of rotatable bonds is 6. The molecule has 1 aliphatic carbocycles. The summed E-state index contributed by atoms with van der Waals surface area (Å²) >= 11 is 0. The highest BCUT2D eigenvalue weighted by Crippen LogP contribution is 2.25. The Labute approximate surface area is 163 Å². The van der Waals surface area contributed by atoms with Gasteiger partial charge in [-0.3, -0.25) is 9.10 Å². The van der Waals surface area contributed by atoms with E-state index in [4.69, 9.17) is 0 Å². The lowest BCUT2D eigenvalue weighted by atomic mass is 10.0. The number of benzene rings is 2. The first kappa shape index (κ1) is 20.3. The van der Waals surface area contributed by atoms with E-state index < -0.39 is 34.1 Å². The SMILES string of the molecule is C[C@H](NC(=O)CN(c1ccc(F)c(F)c1)S(C)(=O)=O)c1ccc2c(c1)CCC2. The Morgan fingerprint density at radius 2 is 1.82 bits per heavy atom. The second kappa shape index (κ2) is 7.87. The molecule has 1 aliphatic rings. The van der Waals surface area contributed by atoms with Crippen LogP contribution in [-0.4, -0.2) is 27.1 Å². The first-order valence-electron chi connectivity index (χ1n) is 8.99. The number of aryl methyl sites for hydroxylation is 2. The molecule has 2 aromatic carbocycles. The van der Waals surface area contributed by atoms with Gasteiger partial charge in [0.25, 0.3) is 0 Å². The first-order chi connectivity index (χ1) is 13.1. The maximum absolute atomic E-state index is 13.5. The van der Waals surface area contributed by atoms with Crippen LogP contribution in [0.3, 0.4) is 0 Å². The highest BCUT2D eigenvalue weighted by molar-refractivity contribution is 7.92. The molecule has 2 aromatic rings. The minimum absolute atomic E-state index is 0.110. The molecule has 1 N–H and O–H groups in total. The van der Waals surface area contributed by atoms with Crippen LogP contribution in [0.2, 0.25) is 0 Å². The van der Waals surface area contributed by atoms with E-state index in [0.717, 1.165) is 53.6 Å². The second-order valence-electron chi connectivity index (χ2n) is 7.04. The van der Waals surface area contributed by atoms with Crippen molar-refractivity contribution >= 4 is 21.6 Å². The van der Waals surface area contributed by atoms with Gasteiger partial charge in [0.05, 0.1) is 18.0 Å². The molecule has 1 atom stereocenters. The summed E-state index contributed by atoms with van der Waals surface area (Å²) in [5.41, 5.74) is 3.43. The molecule has 5 nitrogen and oxygen atoms in total. The zero-order valence-electron chi connectivity index (χ0n) is 15.7. The Balaban J connectivity index is 1.74. The van der Waals surface area contributed by atoms with Gasteiger partial charge in [0, 0.05) is 6.07 Å². The molecular weight excluding hydrogens is 386 g/mol. The summed E-state index contributed by atoms with van der Waals surface area (Å²) in [7, 11) is -3.87. The molecule has 0 heterocycles. The van der Waals surface area contributed by atoms with Crippen LogP contribution in [0.4, 0.5) is 14.5 Å². The number of carbonyl (C=O) groups is 1. The Morgan fingerprint density at radius 1 is 1.11 bits per heavy atom. The van der Waals surface area contributed by atoms with E-state index >= 15 is 0 Å². The molecule has 0 aromatic heterocycles. The maximum atomic E-state index is 13.5. The molecule has 28 heavy (non-hydrogen) atoms. The van der Waals surface area contributed by atoms with Crippen LogP contribution in [0.1, 0.15) is 36.1 Å². The van der Waals surface area contributed by atoms with Crippen LogP contribution in [0.15, 0.2) is 36.4 Å². The van der Waals surface area contributed by atoms with Crippen LogP contribution in [0.5, 0.6) is 0 Å². The van der Waals surface area contributed by atoms with Crippen molar-refractivity contribution in [1.82, 2.24) is 5.32 Å². The molecule has 0 saturated heterocycles. The number of halogens is 2. The zero-order valence-corrected chi connectivity index (χ0v) is 16.5. The highest BCUT2D eigenvalue weighted by atomic mass is 32.2. The molecule has 0 fully saturated rings. The van der Waals surface area contributed by atoms with E-state index in [9.17, 15) is 22.0 Å². The number of hydrogen-bond acceptors (Lipinski definition) is 3. The molecule has 0 saturated carbocycles. The van der Waals surface area contributed by atoms with E-state index in [2.05, 4.69) is 17.4 Å². The standard InChI is InChI=1S/C20H22F2N2O3S/c1-13(15-7-6-14-4-3-5-16(14)10-15)23-20(25)12-24(28(2,26)27)17-8-9-18(21)19(22)11-17/h6-11,13H,3-5,12H2,1-2H3,(H,23,25)/t13-/m0/s1. The summed E-state index contributed by atoms with van der Waals surface area (Å²) in [4.78, 5) is 12.5. The Morgan fingerprint density at radius 3 is 2.50 bits per heavy atom. The summed E-state index contributed by atoms with van der Waals surface area (Å²) in [6.07, 6.45) is 4.11. The monoisotopic (exact) mass is 408 g/mol. The van der Waals surface area contributed by atoms with Gasteiger partial charge in [0.2, 0.25) is 15.9 Å². The average Bonchev–Trinajstić information content (AvgIpc) is 3.09. The maximum Gasteiger partial charge on any atom is 0.241 e. The van der Waals surface area contributed by atoms with E-state index in [0.29, 0.717) is 0 Å². The molecule has 150 valence electrons. The van der Waals surface area contributed by atoms with Gasteiger partial charge < -0.3 is 5.32 Å². The summed E-state index contributed by atoms with van der Waals surface area (Å²) in [6, 6.07) is 8.47. The summed E-state index contributed by atoms with van der Waals surface area (Å²) in [6.45, 7) is 1.29. The van der Waals surface area contributed by atoms with Crippen molar-refractivity contribution < 1.29 is 22.0 Å². The number of carbonyl (C=O) groups excluding carboxylic acids is 1. The molecule has 0 bridgehead atoms. The van der Waals surface area contributed by atoms with Crippen molar-refractivity contribution in [2.75, 3.05) is 17.1 Å². The number of sulfonamides is 1. The lowest BCUT2D eigenvalue weighted by Crippen LogP contribution is -2.41. The van der Waals surface area contributed by atoms with Crippen LogP contribution in [0, 0.1) is 11.6 Å². The molecule has 0 radical (unpaired) electrons. The Kier molecular flexibility index (Phi) is 5.69. The van der Waals surface area contributed by atoms with E-state index in [1.54, 1.807) is 0 Å². The largest absolute Gasteiger partial charge is 0.348 e. The smallest absolute Gasteiger partial charge is 0.241 e. The van der Waals surface area contributed by atoms with Gasteiger partial charge in [-0.1, -0.05) is 18.2 Å². The number of anilines is 1. The third-order valence-electron chi connectivity index (χ3n) is 4.88. The van der Waals surface area contributed by atoms with Crippen LogP contribution in [0.25, 0.3) is 0 Å². The molecule has 0 spiro atoms. The number of hydrogen-bond donors (Lipinski definition) is 1. The fourth-order valence-corrected chi connectivity index (χ4v) is 4.25. The molecule has 1 amide bonds. The quantitative estimate of drug-likeness (QED) is 0.799. The first-order valence-corrected chi connectivity index (χ1v) is 10.8. The minimum atomic E-state index is -3.87.